The fourth-order valence-corrected chi connectivity index (χ4v) is 0.999. The molecule has 0 fully saturated rings. The number of ether oxygens (including phenoxy) is 2. The highest BCUT2D eigenvalue weighted by molar-refractivity contribution is 5.70. The quantitative estimate of drug-likeness (QED) is 0.694. The fraction of sp³-hybridized carbons (Fsp3) is 0.273. The molecule has 0 spiro atoms. The molecule has 0 aliphatic carbocycles. The molecule has 1 aromatic carbocycles. The van der Waals surface area contributed by atoms with Crippen molar-refractivity contribution in [3.63, 3.8) is 0 Å². The van der Waals surface area contributed by atoms with E-state index in [4.69, 9.17) is 10.00 Å². The lowest BCUT2D eigenvalue weighted by molar-refractivity contribution is -0.149. The number of carbonyl (C=O) groups excluding carboxylic acids is 1. The molecule has 0 N–H and O–H groups in total. The molecule has 1 aromatic rings. The van der Waals surface area contributed by atoms with E-state index in [-0.39, 0.29) is 13.2 Å². The van der Waals surface area contributed by atoms with Crippen molar-refractivity contribution in [3.05, 3.63) is 35.4 Å². The lowest BCUT2D eigenvalue weighted by Crippen LogP contribution is -2.10. The second kappa shape index (κ2) is 5.78. The van der Waals surface area contributed by atoms with Gasteiger partial charge in [-0.1, -0.05) is 12.1 Å². The average Bonchev–Trinajstić information content (AvgIpc) is 2.27. The Morgan fingerprint density at radius 2 is 2.07 bits per heavy atom. The van der Waals surface area contributed by atoms with Gasteiger partial charge in [0.1, 0.15) is 13.2 Å². The lowest BCUT2D eigenvalue weighted by atomic mass is 10.2. The summed E-state index contributed by atoms with van der Waals surface area (Å²) in [4.78, 5) is 10.9. The maximum absolute atomic E-state index is 10.9. The van der Waals surface area contributed by atoms with Gasteiger partial charge in [-0.3, -0.25) is 0 Å². The summed E-state index contributed by atoms with van der Waals surface area (Å²) in [5.41, 5.74) is 1.43. The maximum Gasteiger partial charge on any atom is 0.332 e. The van der Waals surface area contributed by atoms with Crippen LogP contribution in [0.4, 0.5) is 0 Å². The predicted octanol–water partition coefficient (Wildman–Crippen LogP) is 1.25. The Morgan fingerprint density at radius 1 is 1.40 bits per heavy atom. The second-order valence-corrected chi connectivity index (χ2v) is 2.90. The summed E-state index contributed by atoms with van der Waals surface area (Å²) in [7, 11) is 1.43. The van der Waals surface area contributed by atoms with Crippen LogP contribution in [0.5, 0.6) is 0 Å². The van der Waals surface area contributed by atoms with E-state index >= 15 is 0 Å². The molecule has 78 valence electrons. The molecule has 0 aliphatic rings. The average molecular weight is 205 g/mol. The molecule has 0 heterocycles. The molecule has 4 heteroatoms. The van der Waals surface area contributed by atoms with Gasteiger partial charge in [0.15, 0.2) is 0 Å². The van der Waals surface area contributed by atoms with Gasteiger partial charge in [0, 0.05) is 7.11 Å². The molecule has 0 unspecified atom stereocenters. The number of carbonyl (C=O) groups is 1. The van der Waals surface area contributed by atoms with Crippen molar-refractivity contribution in [2.45, 2.75) is 6.61 Å². The molecule has 0 saturated carbocycles. The van der Waals surface area contributed by atoms with Crippen LogP contribution in [0.1, 0.15) is 11.1 Å². The summed E-state index contributed by atoms with van der Waals surface area (Å²) in [6.07, 6.45) is 0. The first-order chi connectivity index (χ1) is 7.26. The summed E-state index contributed by atoms with van der Waals surface area (Å²) < 4.78 is 9.51. The van der Waals surface area contributed by atoms with E-state index in [1.54, 1.807) is 24.3 Å². The van der Waals surface area contributed by atoms with E-state index in [0.717, 1.165) is 5.56 Å². The number of methoxy groups -OCH3 is 1. The van der Waals surface area contributed by atoms with Crippen LogP contribution in [0.2, 0.25) is 0 Å². The van der Waals surface area contributed by atoms with Gasteiger partial charge in [0.2, 0.25) is 0 Å². The number of nitrogens with zero attached hydrogens (tertiary/aromatic N) is 1. The van der Waals surface area contributed by atoms with E-state index in [1.807, 2.05) is 6.07 Å². The van der Waals surface area contributed by atoms with E-state index in [2.05, 4.69) is 4.74 Å². The van der Waals surface area contributed by atoms with E-state index in [1.165, 1.54) is 7.11 Å². The first-order valence-corrected chi connectivity index (χ1v) is 4.40. The third-order valence-electron chi connectivity index (χ3n) is 1.75. The molecule has 15 heavy (non-hydrogen) atoms. The third kappa shape index (κ3) is 3.79. The zero-order valence-corrected chi connectivity index (χ0v) is 8.40. The van der Waals surface area contributed by atoms with Gasteiger partial charge >= 0.3 is 5.97 Å². The second-order valence-electron chi connectivity index (χ2n) is 2.90. The van der Waals surface area contributed by atoms with Gasteiger partial charge in [-0.15, -0.1) is 0 Å². The van der Waals surface area contributed by atoms with E-state index < -0.39 is 5.97 Å². The van der Waals surface area contributed by atoms with Crippen molar-refractivity contribution in [2.75, 3.05) is 13.7 Å². The molecule has 1 rings (SSSR count). The predicted molar refractivity (Wildman–Crippen MR) is 52.8 cm³/mol. The molecule has 0 atom stereocenters. The first kappa shape index (κ1) is 11.2. The van der Waals surface area contributed by atoms with Gasteiger partial charge in [-0.25, -0.2) is 4.79 Å². The van der Waals surface area contributed by atoms with Crippen LogP contribution in [-0.2, 0) is 20.9 Å². The standard InChI is InChI=1S/C11H11NO3/c1-14-8-11(13)15-7-10-4-2-9(6-12)3-5-10/h2-5H,7-8H2,1H3. The Hall–Kier alpha value is -1.86. The minimum absolute atomic E-state index is 0.0454. The van der Waals surface area contributed by atoms with Crippen LogP contribution < -0.4 is 0 Å². The lowest BCUT2D eigenvalue weighted by Gasteiger charge is -2.03. The van der Waals surface area contributed by atoms with Gasteiger partial charge < -0.3 is 9.47 Å². The topological polar surface area (TPSA) is 59.3 Å². The summed E-state index contributed by atoms with van der Waals surface area (Å²) >= 11 is 0. The zero-order chi connectivity index (χ0) is 11.1. The number of nitriles is 1. The van der Waals surface area contributed by atoms with E-state index in [0.29, 0.717) is 5.56 Å². The summed E-state index contributed by atoms with van der Waals surface area (Å²) in [6.45, 7) is 0.157. The summed E-state index contributed by atoms with van der Waals surface area (Å²) in [5, 5.41) is 8.56. The van der Waals surface area contributed by atoms with Crippen molar-refractivity contribution in [2.24, 2.45) is 0 Å². The smallest absolute Gasteiger partial charge is 0.332 e. The highest BCUT2D eigenvalue weighted by atomic mass is 16.6. The SMILES string of the molecule is COCC(=O)OCc1ccc(C#N)cc1. The fourth-order valence-electron chi connectivity index (χ4n) is 0.999. The van der Waals surface area contributed by atoms with Crippen molar-refractivity contribution in [3.8, 4) is 6.07 Å². The van der Waals surface area contributed by atoms with Crippen LogP contribution in [0, 0.1) is 11.3 Å². The van der Waals surface area contributed by atoms with Crippen molar-refractivity contribution >= 4 is 5.97 Å². The Kier molecular flexibility index (Phi) is 4.32. The van der Waals surface area contributed by atoms with Gasteiger partial charge in [-0.2, -0.15) is 5.26 Å². The number of hydrogen-bond donors (Lipinski definition) is 0. The minimum Gasteiger partial charge on any atom is -0.459 e. The van der Waals surface area contributed by atoms with Crippen LogP contribution in [0.15, 0.2) is 24.3 Å². The van der Waals surface area contributed by atoms with Crippen LogP contribution in [0.25, 0.3) is 0 Å². The number of benzene rings is 1. The molecular weight excluding hydrogens is 194 g/mol. The Bertz CT molecular complexity index is 364. The van der Waals surface area contributed by atoms with Crippen molar-refractivity contribution in [1.29, 1.82) is 5.26 Å². The molecule has 0 amide bonds. The van der Waals surface area contributed by atoms with Gasteiger partial charge in [0.05, 0.1) is 11.6 Å². The van der Waals surface area contributed by atoms with Crippen LogP contribution in [0.3, 0.4) is 0 Å². The van der Waals surface area contributed by atoms with E-state index in [9.17, 15) is 4.79 Å². The monoisotopic (exact) mass is 205 g/mol. The maximum atomic E-state index is 10.9. The Labute approximate surface area is 88.0 Å². The molecule has 0 aromatic heterocycles. The number of esters is 1. The van der Waals surface area contributed by atoms with Crippen LogP contribution >= 0.6 is 0 Å². The largest absolute Gasteiger partial charge is 0.459 e. The molecule has 0 bridgehead atoms. The molecule has 0 saturated heterocycles. The van der Waals surface area contributed by atoms with Crippen LogP contribution in [-0.4, -0.2) is 19.7 Å². The third-order valence-corrected chi connectivity index (χ3v) is 1.75. The molecule has 0 aliphatic heterocycles. The number of hydrogen-bond acceptors (Lipinski definition) is 4. The molecule has 4 nitrogen and oxygen atoms in total. The normalized spacial score (nSPS) is 9.33. The highest BCUT2D eigenvalue weighted by Crippen LogP contribution is 2.04. The molecular formula is C11H11NO3. The van der Waals surface area contributed by atoms with Crippen molar-refractivity contribution < 1.29 is 14.3 Å². The highest BCUT2D eigenvalue weighted by Gasteiger charge is 2.01. The zero-order valence-electron chi connectivity index (χ0n) is 8.40. The summed E-state index contributed by atoms with van der Waals surface area (Å²) in [5.74, 6) is -0.401. The van der Waals surface area contributed by atoms with Gasteiger partial charge in [-0.05, 0) is 17.7 Å². The van der Waals surface area contributed by atoms with Crippen molar-refractivity contribution in [1.82, 2.24) is 0 Å². The van der Waals surface area contributed by atoms with Gasteiger partial charge in [0.25, 0.3) is 0 Å². The summed E-state index contributed by atoms with van der Waals surface area (Å²) in [6, 6.07) is 8.87. The Balaban J connectivity index is 2.45. The molecule has 0 radical (unpaired) electrons. The first-order valence-electron chi connectivity index (χ1n) is 4.40. The minimum atomic E-state index is -0.401. The number of rotatable bonds is 4. The Morgan fingerprint density at radius 3 is 2.60 bits per heavy atom.